The van der Waals surface area contributed by atoms with E-state index in [4.69, 9.17) is 16.3 Å². The number of hydrogen-bond donors (Lipinski definition) is 1. The minimum absolute atomic E-state index is 0.258. The van der Waals surface area contributed by atoms with Crippen molar-refractivity contribution in [2.75, 3.05) is 5.21 Å². The Morgan fingerprint density at radius 1 is 1.59 bits per heavy atom. The van der Waals surface area contributed by atoms with E-state index in [1.54, 1.807) is 0 Å². The van der Waals surface area contributed by atoms with Gasteiger partial charge in [0, 0.05) is 0 Å². The zero-order valence-electron chi connectivity index (χ0n) is 9.82. The van der Waals surface area contributed by atoms with Crippen molar-refractivity contribution in [1.82, 2.24) is 14.7 Å². The summed E-state index contributed by atoms with van der Waals surface area (Å²) in [5.41, 5.74) is -0.501. The number of carbonyl (C=O) groups is 1. The van der Waals surface area contributed by atoms with Gasteiger partial charge >= 0.3 is 6.09 Å². The number of rotatable bonds is 4. The molecule has 0 spiro atoms. The minimum Gasteiger partial charge on any atom is -0.444 e. The van der Waals surface area contributed by atoms with E-state index in [2.05, 4.69) is 14.7 Å². The first-order valence-corrected chi connectivity index (χ1v) is 7.18. The Morgan fingerprint density at radius 2 is 2.29 bits per heavy atom. The molecule has 96 valence electrons. The number of alkyl halides is 1. The largest absolute Gasteiger partial charge is 0.444 e. The van der Waals surface area contributed by atoms with Gasteiger partial charge in [-0.1, -0.05) is 11.8 Å². The fraction of sp³-hybridized carbons (Fsp3) is 0.667. The molecule has 1 heterocycles. The zero-order chi connectivity index (χ0) is 12.9. The Balaban J connectivity index is 2.37. The third-order valence-electron chi connectivity index (χ3n) is 1.42. The zero-order valence-corrected chi connectivity index (χ0v) is 12.2. The van der Waals surface area contributed by atoms with Gasteiger partial charge in [-0.25, -0.2) is 9.78 Å². The van der Waals surface area contributed by atoms with Gasteiger partial charge in [0.1, 0.15) is 5.60 Å². The summed E-state index contributed by atoms with van der Waals surface area (Å²) < 4.78 is 9.96. The van der Waals surface area contributed by atoms with E-state index >= 15 is 0 Å². The topological polar surface area (TPSA) is 64.1 Å². The first kappa shape index (κ1) is 14.5. The van der Waals surface area contributed by atoms with E-state index in [9.17, 15) is 4.79 Å². The predicted octanol–water partition coefficient (Wildman–Crippen LogP) is 2.85. The summed E-state index contributed by atoms with van der Waals surface area (Å²) >= 11 is 8.23. The normalized spacial score (nSPS) is 11.3. The van der Waals surface area contributed by atoms with Crippen LogP contribution in [0.2, 0.25) is 0 Å². The summed E-state index contributed by atoms with van der Waals surface area (Å²) in [4.78, 5) is 15.5. The number of carbonyl (C=O) groups excluding carboxylic acids is 1. The van der Waals surface area contributed by atoms with Crippen LogP contribution in [0.4, 0.5) is 4.79 Å². The third-order valence-corrected chi connectivity index (χ3v) is 3.32. The van der Waals surface area contributed by atoms with E-state index in [1.807, 2.05) is 20.8 Å². The van der Waals surface area contributed by atoms with Gasteiger partial charge in [-0.3, -0.25) is 0 Å². The van der Waals surface area contributed by atoms with Crippen LogP contribution >= 0.6 is 34.9 Å². The highest BCUT2D eigenvalue weighted by molar-refractivity contribution is 8.01. The summed E-state index contributed by atoms with van der Waals surface area (Å²) in [7, 11) is 0. The Bertz CT molecular complexity index is 379. The standard InChI is InChI=1S/C9H14ClN3O2S2/c1-9(2,3)15-7(14)11-4-6-12-8(16-5-10)17-13-6/h4-5H2,1-3H3,(H,11,14). The number of aromatic nitrogens is 2. The summed E-state index contributed by atoms with van der Waals surface area (Å²) in [6.07, 6.45) is -0.473. The molecule has 1 amide bonds. The van der Waals surface area contributed by atoms with Crippen LogP contribution in [0.5, 0.6) is 0 Å². The van der Waals surface area contributed by atoms with Crippen LogP contribution in [-0.4, -0.2) is 26.3 Å². The molecule has 0 bridgehead atoms. The second-order valence-electron chi connectivity index (χ2n) is 4.09. The molecule has 17 heavy (non-hydrogen) atoms. The average molecular weight is 296 g/mol. The van der Waals surface area contributed by atoms with Crippen LogP contribution < -0.4 is 5.32 Å². The fourth-order valence-corrected chi connectivity index (χ4v) is 2.58. The number of amides is 1. The molecule has 0 atom stereocenters. The molecule has 8 heteroatoms. The molecule has 0 saturated carbocycles. The lowest BCUT2D eigenvalue weighted by Gasteiger charge is -2.19. The van der Waals surface area contributed by atoms with Crippen molar-refractivity contribution in [2.45, 2.75) is 37.3 Å². The molecular weight excluding hydrogens is 282 g/mol. The molecule has 0 radical (unpaired) electrons. The van der Waals surface area contributed by atoms with E-state index in [-0.39, 0.29) is 6.54 Å². The maximum Gasteiger partial charge on any atom is 0.408 e. The highest BCUT2D eigenvalue weighted by Gasteiger charge is 2.16. The molecule has 0 aliphatic heterocycles. The third kappa shape index (κ3) is 6.09. The van der Waals surface area contributed by atoms with Gasteiger partial charge in [0.2, 0.25) is 0 Å². The van der Waals surface area contributed by atoms with Crippen molar-refractivity contribution in [3.63, 3.8) is 0 Å². The quantitative estimate of drug-likeness (QED) is 0.683. The van der Waals surface area contributed by atoms with Gasteiger partial charge in [-0.2, -0.15) is 4.37 Å². The number of hydrogen-bond acceptors (Lipinski definition) is 6. The molecule has 0 fully saturated rings. The van der Waals surface area contributed by atoms with Crippen LogP contribution in [0.3, 0.4) is 0 Å². The highest BCUT2D eigenvalue weighted by atomic mass is 35.5. The summed E-state index contributed by atoms with van der Waals surface area (Å²) in [5.74, 6) is 0.563. The number of nitrogens with one attached hydrogen (secondary N) is 1. The fourth-order valence-electron chi connectivity index (χ4n) is 0.880. The summed E-state index contributed by atoms with van der Waals surface area (Å²) in [5, 5.41) is 3.03. The molecule has 1 rings (SSSR count). The Kier molecular flexibility index (Phi) is 5.48. The molecular formula is C9H14ClN3O2S2. The molecule has 0 saturated heterocycles. The molecule has 0 unspecified atom stereocenters. The SMILES string of the molecule is CC(C)(C)OC(=O)NCc1nsc(SCCl)n1. The number of thioether (sulfide) groups is 1. The Labute approximate surface area is 113 Å². The maximum absolute atomic E-state index is 11.4. The van der Waals surface area contributed by atoms with Crippen LogP contribution in [0.15, 0.2) is 4.34 Å². The first-order chi connectivity index (χ1) is 7.90. The maximum atomic E-state index is 11.4. The van der Waals surface area contributed by atoms with Crippen LogP contribution in [0, 0.1) is 0 Å². The van der Waals surface area contributed by atoms with Crippen molar-refractivity contribution < 1.29 is 9.53 Å². The van der Waals surface area contributed by atoms with Crippen molar-refractivity contribution in [3.8, 4) is 0 Å². The van der Waals surface area contributed by atoms with Crippen molar-refractivity contribution in [3.05, 3.63) is 5.82 Å². The number of alkyl carbamates (subject to hydrolysis) is 1. The van der Waals surface area contributed by atoms with Crippen molar-refractivity contribution in [2.24, 2.45) is 0 Å². The monoisotopic (exact) mass is 295 g/mol. The lowest BCUT2D eigenvalue weighted by molar-refractivity contribution is 0.0522. The van der Waals surface area contributed by atoms with E-state index in [0.29, 0.717) is 11.0 Å². The molecule has 1 N–H and O–H groups in total. The Morgan fingerprint density at radius 3 is 2.88 bits per heavy atom. The second kappa shape index (κ2) is 6.42. The minimum atomic E-state index is -0.501. The summed E-state index contributed by atoms with van der Waals surface area (Å²) in [6.45, 7) is 5.68. The van der Waals surface area contributed by atoms with Gasteiger partial charge in [0.05, 0.1) is 11.8 Å². The van der Waals surface area contributed by atoms with E-state index in [0.717, 1.165) is 4.34 Å². The van der Waals surface area contributed by atoms with Gasteiger partial charge in [0.25, 0.3) is 0 Å². The van der Waals surface area contributed by atoms with Crippen LogP contribution in [-0.2, 0) is 11.3 Å². The van der Waals surface area contributed by atoms with Gasteiger partial charge in [-0.15, -0.1) is 11.6 Å². The van der Waals surface area contributed by atoms with E-state index in [1.165, 1.54) is 23.3 Å². The first-order valence-electron chi connectivity index (χ1n) is 4.89. The summed E-state index contributed by atoms with van der Waals surface area (Å²) in [6, 6.07) is 0. The second-order valence-corrected chi connectivity index (χ2v) is 6.64. The van der Waals surface area contributed by atoms with Gasteiger partial charge in [-0.05, 0) is 32.3 Å². The van der Waals surface area contributed by atoms with Crippen LogP contribution in [0.25, 0.3) is 0 Å². The predicted molar refractivity (Wildman–Crippen MR) is 69.6 cm³/mol. The molecule has 1 aromatic heterocycles. The molecule has 5 nitrogen and oxygen atoms in total. The lowest BCUT2D eigenvalue weighted by atomic mass is 10.2. The number of halogens is 1. The average Bonchev–Trinajstić information content (AvgIpc) is 2.61. The van der Waals surface area contributed by atoms with E-state index < -0.39 is 11.7 Å². The number of nitrogens with zero attached hydrogens (tertiary/aromatic N) is 2. The van der Waals surface area contributed by atoms with Gasteiger partial charge < -0.3 is 10.1 Å². The molecule has 1 aromatic rings. The smallest absolute Gasteiger partial charge is 0.408 e. The lowest BCUT2D eigenvalue weighted by Crippen LogP contribution is -2.32. The molecule has 0 aliphatic rings. The van der Waals surface area contributed by atoms with Gasteiger partial charge in [0.15, 0.2) is 10.2 Å². The van der Waals surface area contributed by atoms with Crippen molar-refractivity contribution in [1.29, 1.82) is 0 Å². The number of ether oxygens (including phenoxy) is 1. The van der Waals surface area contributed by atoms with Crippen LogP contribution in [0.1, 0.15) is 26.6 Å². The molecule has 0 aliphatic carbocycles. The Hall–Kier alpha value is -0.530. The highest BCUT2D eigenvalue weighted by Crippen LogP contribution is 2.20. The molecule has 0 aromatic carbocycles. The van der Waals surface area contributed by atoms with Crippen molar-refractivity contribution >= 4 is 41.0 Å².